The number of aromatic nitrogens is 1. The van der Waals surface area contributed by atoms with E-state index in [-0.39, 0.29) is 5.91 Å². The Bertz CT molecular complexity index is 640. The first-order valence-corrected chi connectivity index (χ1v) is 7.73. The van der Waals surface area contributed by atoms with Crippen LogP contribution in [-0.4, -0.2) is 55.2 Å². The van der Waals surface area contributed by atoms with Gasteiger partial charge in [-0.3, -0.25) is 9.69 Å². The first-order valence-electron chi connectivity index (χ1n) is 6.85. The van der Waals surface area contributed by atoms with E-state index in [2.05, 4.69) is 15.2 Å². The van der Waals surface area contributed by atoms with E-state index in [0.717, 1.165) is 32.8 Å². The minimum Gasteiger partial charge on any atom is -0.379 e. The molecule has 1 aromatic carbocycles. The lowest BCUT2D eigenvalue weighted by molar-refractivity contribution is 0.0383. The Labute approximate surface area is 125 Å². The molecule has 7 heteroatoms. The quantitative estimate of drug-likeness (QED) is 0.930. The normalized spacial score (nSPS) is 16.2. The Balaban J connectivity index is 1.58. The minimum atomic E-state index is -0.452. The van der Waals surface area contributed by atoms with Gasteiger partial charge in [0.2, 0.25) is 0 Å². The van der Waals surface area contributed by atoms with E-state index in [4.69, 9.17) is 4.74 Å². The number of ether oxygens (including phenoxy) is 1. The second-order valence-electron chi connectivity index (χ2n) is 4.87. The molecule has 1 N–H and O–H groups in total. The molecule has 2 aromatic rings. The van der Waals surface area contributed by atoms with E-state index in [1.54, 1.807) is 11.6 Å². The molecule has 1 amide bonds. The molecule has 1 aliphatic heterocycles. The second-order valence-corrected chi connectivity index (χ2v) is 5.75. The van der Waals surface area contributed by atoms with Gasteiger partial charge in [0.1, 0.15) is 5.52 Å². The summed E-state index contributed by atoms with van der Waals surface area (Å²) in [5.74, 6) is -0.704. The third kappa shape index (κ3) is 3.37. The second kappa shape index (κ2) is 6.46. The SMILES string of the molecule is O=C(NCCN1CCOCC1)c1cc(F)c2ncsc2c1. The fraction of sp³-hybridized carbons (Fsp3) is 0.429. The molecule has 0 aliphatic carbocycles. The van der Waals surface area contributed by atoms with Gasteiger partial charge in [0.05, 0.1) is 23.4 Å². The number of rotatable bonds is 4. The molecule has 1 aromatic heterocycles. The van der Waals surface area contributed by atoms with Gasteiger partial charge in [-0.05, 0) is 12.1 Å². The van der Waals surface area contributed by atoms with E-state index < -0.39 is 5.82 Å². The zero-order valence-corrected chi connectivity index (χ0v) is 12.3. The fourth-order valence-electron chi connectivity index (χ4n) is 2.31. The zero-order valence-electron chi connectivity index (χ0n) is 11.5. The number of nitrogens with zero attached hydrogens (tertiary/aromatic N) is 2. The number of hydrogen-bond acceptors (Lipinski definition) is 5. The molecule has 1 saturated heterocycles. The van der Waals surface area contributed by atoms with E-state index in [1.807, 2.05) is 0 Å². The topological polar surface area (TPSA) is 54.5 Å². The number of carbonyl (C=O) groups excluding carboxylic acids is 1. The number of morpholine rings is 1. The lowest BCUT2D eigenvalue weighted by atomic mass is 10.2. The van der Waals surface area contributed by atoms with Gasteiger partial charge in [0, 0.05) is 31.7 Å². The molecule has 3 rings (SSSR count). The van der Waals surface area contributed by atoms with E-state index in [9.17, 15) is 9.18 Å². The Morgan fingerprint density at radius 1 is 1.43 bits per heavy atom. The Hall–Kier alpha value is -1.57. The van der Waals surface area contributed by atoms with Crippen molar-refractivity contribution in [3.63, 3.8) is 0 Å². The Kier molecular flexibility index (Phi) is 4.42. The summed E-state index contributed by atoms with van der Waals surface area (Å²) in [6.45, 7) is 4.57. The molecule has 0 atom stereocenters. The van der Waals surface area contributed by atoms with Crippen molar-refractivity contribution in [3.8, 4) is 0 Å². The number of halogens is 1. The summed E-state index contributed by atoms with van der Waals surface area (Å²) < 4.78 is 19.8. The van der Waals surface area contributed by atoms with Crippen LogP contribution in [0.15, 0.2) is 17.6 Å². The van der Waals surface area contributed by atoms with Crippen LogP contribution < -0.4 is 5.32 Å². The van der Waals surface area contributed by atoms with Gasteiger partial charge in [-0.1, -0.05) is 0 Å². The van der Waals surface area contributed by atoms with Gasteiger partial charge in [-0.25, -0.2) is 9.37 Å². The summed E-state index contributed by atoms with van der Waals surface area (Å²) in [4.78, 5) is 18.2. The molecule has 0 radical (unpaired) electrons. The number of carbonyl (C=O) groups is 1. The van der Waals surface area contributed by atoms with E-state index in [1.165, 1.54) is 17.4 Å². The molecule has 21 heavy (non-hydrogen) atoms. The maximum atomic E-state index is 13.8. The molecule has 2 heterocycles. The van der Waals surface area contributed by atoms with Crippen LogP contribution in [0.4, 0.5) is 4.39 Å². The summed E-state index contributed by atoms with van der Waals surface area (Å²) >= 11 is 1.33. The van der Waals surface area contributed by atoms with Crippen molar-refractivity contribution in [2.75, 3.05) is 39.4 Å². The molecule has 1 aliphatic rings. The van der Waals surface area contributed by atoms with Crippen LogP contribution >= 0.6 is 11.3 Å². The highest BCUT2D eigenvalue weighted by molar-refractivity contribution is 7.16. The average molecular weight is 309 g/mol. The third-order valence-corrected chi connectivity index (χ3v) is 4.25. The monoisotopic (exact) mass is 309 g/mol. The van der Waals surface area contributed by atoms with E-state index >= 15 is 0 Å². The number of fused-ring (bicyclic) bond motifs is 1. The van der Waals surface area contributed by atoms with Crippen molar-refractivity contribution in [2.45, 2.75) is 0 Å². The highest BCUT2D eigenvalue weighted by atomic mass is 32.1. The number of benzene rings is 1. The number of amides is 1. The first kappa shape index (κ1) is 14.4. The molecular weight excluding hydrogens is 293 g/mol. The fourth-order valence-corrected chi connectivity index (χ4v) is 3.04. The highest BCUT2D eigenvalue weighted by Gasteiger charge is 2.13. The predicted octanol–water partition coefficient (Wildman–Crippen LogP) is 1.50. The lowest BCUT2D eigenvalue weighted by Gasteiger charge is -2.26. The molecule has 112 valence electrons. The van der Waals surface area contributed by atoms with Gasteiger partial charge >= 0.3 is 0 Å². The van der Waals surface area contributed by atoms with Gasteiger partial charge in [-0.15, -0.1) is 11.3 Å². The van der Waals surface area contributed by atoms with Gasteiger partial charge in [-0.2, -0.15) is 0 Å². The van der Waals surface area contributed by atoms with Gasteiger partial charge in [0.15, 0.2) is 5.82 Å². The summed E-state index contributed by atoms with van der Waals surface area (Å²) in [7, 11) is 0. The van der Waals surface area contributed by atoms with Crippen molar-refractivity contribution in [1.82, 2.24) is 15.2 Å². The molecule has 0 saturated carbocycles. The molecular formula is C14H16FN3O2S. The van der Waals surface area contributed by atoms with Crippen LogP contribution in [-0.2, 0) is 4.74 Å². The highest BCUT2D eigenvalue weighted by Crippen LogP contribution is 2.22. The van der Waals surface area contributed by atoms with Crippen molar-refractivity contribution in [2.24, 2.45) is 0 Å². The minimum absolute atomic E-state index is 0.252. The molecule has 0 bridgehead atoms. The summed E-state index contributed by atoms with van der Waals surface area (Å²) in [5.41, 5.74) is 2.24. The van der Waals surface area contributed by atoms with Gasteiger partial charge < -0.3 is 10.1 Å². The zero-order chi connectivity index (χ0) is 14.7. The van der Waals surface area contributed by atoms with Gasteiger partial charge in [0.25, 0.3) is 5.91 Å². The van der Waals surface area contributed by atoms with Crippen LogP contribution in [0.3, 0.4) is 0 Å². The van der Waals surface area contributed by atoms with Crippen molar-refractivity contribution < 1.29 is 13.9 Å². The van der Waals surface area contributed by atoms with Crippen LogP contribution in [0.25, 0.3) is 10.2 Å². The Morgan fingerprint density at radius 3 is 3.05 bits per heavy atom. The van der Waals surface area contributed by atoms with Crippen molar-refractivity contribution in [1.29, 1.82) is 0 Å². The maximum absolute atomic E-state index is 13.8. The van der Waals surface area contributed by atoms with E-state index in [0.29, 0.717) is 22.3 Å². The van der Waals surface area contributed by atoms with Crippen molar-refractivity contribution >= 4 is 27.5 Å². The molecule has 0 unspecified atom stereocenters. The molecule has 1 fully saturated rings. The Morgan fingerprint density at radius 2 is 2.24 bits per heavy atom. The smallest absolute Gasteiger partial charge is 0.251 e. The number of hydrogen-bond donors (Lipinski definition) is 1. The molecule has 0 spiro atoms. The average Bonchev–Trinajstić information content (AvgIpc) is 2.97. The first-order chi connectivity index (χ1) is 10.2. The number of nitrogens with one attached hydrogen (secondary N) is 1. The largest absolute Gasteiger partial charge is 0.379 e. The van der Waals surface area contributed by atoms with Crippen molar-refractivity contribution in [3.05, 3.63) is 29.0 Å². The van der Waals surface area contributed by atoms with Crippen LogP contribution in [0.1, 0.15) is 10.4 Å². The third-order valence-electron chi connectivity index (χ3n) is 3.47. The number of thiazole rings is 1. The lowest BCUT2D eigenvalue weighted by Crippen LogP contribution is -2.41. The molecule has 5 nitrogen and oxygen atoms in total. The van der Waals surface area contributed by atoms with Crippen LogP contribution in [0.2, 0.25) is 0 Å². The summed E-state index contributed by atoms with van der Waals surface area (Å²) in [6, 6.07) is 2.92. The summed E-state index contributed by atoms with van der Waals surface area (Å²) in [6.07, 6.45) is 0. The predicted molar refractivity (Wildman–Crippen MR) is 79.2 cm³/mol. The standard InChI is InChI=1S/C14H16FN3O2S/c15-11-7-10(8-12-13(11)17-9-21-12)14(19)16-1-2-18-3-5-20-6-4-18/h7-9H,1-6H2,(H,16,19). The maximum Gasteiger partial charge on any atom is 0.251 e. The van der Waals surface area contributed by atoms with Crippen LogP contribution in [0.5, 0.6) is 0 Å². The van der Waals surface area contributed by atoms with Crippen LogP contribution in [0, 0.1) is 5.82 Å². The summed E-state index contributed by atoms with van der Waals surface area (Å²) in [5, 5.41) is 2.83.